The van der Waals surface area contributed by atoms with E-state index in [0.29, 0.717) is 13.1 Å². The zero-order chi connectivity index (χ0) is 28.9. The number of amides is 3. The first-order valence-electron chi connectivity index (χ1n) is 14.5. The topological polar surface area (TPSA) is 87.7 Å². The van der Waals surface area contributed by atoms with Crippen molar-refractivity contribution in [2.45, 2.75) is 125 Å². The number of unbranched alkanes of at least 4 members (excludes halogenated alkanes) is 5. The van der Waals surface area contributed by atoms with Crippen LogP contribution in [0.3, 0.4) is 0 Å². The summed E-state index contributed by atoms with van der Waals surface area (Å²) in [6.45, 7) is 18.4. The summed E-state index contributed by atoms with van der Waals surface area (Å²) in [6.07, 6.45) is 6.22. The molecule has 0 saturated heterocycles. The molecule has 0 heterocycles. The van der Waals surface area contributed by atoms with Gasteiger partial charge < -0.3 is 20.3 Å². The lowest BCUT2D eigenvalue weighted by atomic mass is 9.92. The second-order valence-corrected chi connectivity index (χ2v) is 11.7. The first-order chi connectivity index (χ1) is 17.8. The van der Waals surface area contributed by atoms with Crippen molar-refractivity contribution in [1.82, 2.24) is 15.5 Å². The van der Waals surface area contributed by atoms with Crippen LogP contribution in [0.2, 0.25) is 0 Å². The summed E-state index contributed by atoms with van der Waals surface area (Å²) in [6, 6.07) is 4.33. The van der Waals surface area contributed by atoms with Gasteiger partial charge in [-0.15, -0.1) is 0 Å². The summed E-state index contributed by atoms with van der Waals surface area (Å²) in [5.41, 5.74) is 2.09. The Kier molecular flexibility index (Phi) is 14.4. The van der Waals surface area contributed by atoms with E-state index in [1.165, 1.54) is 0 Å². The van der Waals surface area contributed by atoms with Crippen molar-refractivity contribution < 1.29 is 19.1 Å². The highest BCUT2D eigenvalue weighted by Gasteiger charge is 2.38. The number of alkyl carbamates (subject to hydrolysis) is 1. The molecule has 2 atom stereocenters. The summed E-state index contributed by atoms with van der Waals surface area (Å²) in [7, 11) is 0. The summed E-state index contributed by atoms with van der Waals surface area (Å²) in [4.78, 5) is 42.5. The first-order valence-corrected chi connectivity index (χ1v) is 14.5. The van der Waals surface area contributed by atoms with Crippen LogP contribution in [0.5, 0.6) is 0 Å². The minimum Gasteiger partial charge on any atom is -0.444 e. The Bertz CT molecular complexity index is 871. The number of nitrogens with one attached hydrogen (secondary N) is 2. The van der Waals surface area contributed by atoms with Gasteiger partial charge in [0.1, 0.15) is 17.7 Å². The molecule has 1 aromatic rings. The van der Waals surface area contributed by atoms with E-state index in [-0.39, 0.29) is 17.7 Å². The summed E-state index contributed by atoms with van der Waals surface area (Å²) >= 11 is 0. The summed E-state index contributed by atoms with van der Waals surface area (Å²) in [5, 5.41) is 5.91. The Hall–Kier alpha value is -2.57. The van der Waals surface area contributed by atoms with Gasteiger partial charge in [-0.05, 0) is 70.1 Å². The summed E-state index contributed by atoms with van der Waals surface area (Å²) in [5.74, 6) is -0.639. The number of hydrogen-bond acceptors (Lipinski definition) is 4. The molecule has 7 nitrogen and oxygen atoms in total. The average Bonchev–Trinajstić information content (AvgIpc) is 2.81. The monoisotopic (exact) mass is 531 g/mol. The average molecular weight is 532 g/mol. The number of benzene rings is 1. The van der Waals surface area contributed by atoms with E-state index in [1.54, 1.807) is 25.7 Å². The van der Waals surface area contributed by atoms with Gasteiger partial charge in [-0.3, -0.25) is 9.59 Å². The molecular formula is C31H53N3O4. The molecule has 216 valence electrons. The molecule has 1 rings (SSSR count). The van der Waals surface area contributed by atoms with Crippen LogP contribution in [0.4, 0.5) is 4.79 Å². The van der Waals surface area contributed by atoms with E-state index in [2.05, 4.69) is 24.5 Å². The number of nitrogens with zero attached hydrogens (tertiary/aromatic N) is 1. The molecule has 0 aromatic heterocycles. The predicted molar refractivity (Wildman–Crippen MR) is 155 cm³/mol. The highest BCUT2D eigenvalue weighted by atomic mass is 16.6. The Labute approximate surface area is 231 Å². The molecule has 0 aliphatic heterocycles. The lowest BCUT2D eigenvalue weighted by Gasteiger charge is -2.36. The van der Waals surface area contributed by atoms with Gasteiger partial charge in [0.25, 0.3) is 0 Å². The number of rotatable bonds is 15. The van der Waals surface area contributed by atoms with Gasteiger partial charge in [0.05, 0.1) is 0 Å². The molecule has 3 amide bonds. The number of carbonyl (C=O) groups excluding carboxylic acids is 3. The fourth-order valence-electron chi connectivity index (χ4n) is 4.57. The molecular weight excluding hydrogens is 478 g/mol. The molecule has 0 radical (unpaired) electrons. The van der Waals surface area contributed by atoms with Gasteiger partial charge in [0.2, 0.25) is 11.8 Å². The maximum Gasteiger partial charge on any atom is 0.408 e. The summed E-state index contributed by atoms with van der Waals surface area (Å²) < 4.78 is 5.47. The predicted octanol–water partition coefficient (Wildman–Crippen LogP) is 6.61. The fraction of sp³-hybridized carbons (Fsp3) is 0.710. The standard InChI is InChI=1S/C31H53N3O4/c1-10-12-14-16-21-34(29(36)26(22(3)4)33-30(37)38-31(7,8)9)27(28(35)32-20-15-13-11-2)25-23(5)18-17-19-24(25)6/h17-19,22,26-27H,10-16,20-21H2,1-9H3,(H,32,35)(H,33,37). The highest BCUT2D eigenvalue weighted by molar-refractivity contribution is 5.92. The normalized spacial score (nSPS) is 13.1. The van der Waals surface area contributed by atoms with Crippen LogP contribution in [0.15, 0.2) is 18.2 Å². The highest BCUT2D eigenvalue weighted by Crippen LogP contribution is 2.30. The minimum absolute atomic E-state index is 0.179. The number of aryl methyl sites for hydroxylation is 2. The minimum atomic E-state index is -0.823. The maximum atomic E-state index is 14.2. The molecule has 2 N–H and O–H groups in total. The second-order valence-electron chi connectivity index (χ2n) is 11.7. The lowest BCUT2D eigenvalue weighted by Crippen LogP contribution is -2.55. The number of hydrogen-bond donors (Lipinski definition) is 2. The van der Waals surface area contributed by atoms with E-state index in [4.69, 9.17) is 4.74 Å². The van der Waals surface area contributed by atoms with Gasteiger partial charge in [-0.1, -0.05) is 78.0 Å². The zero-order valence-electron chi connectivity index (χ0n) is 25.4. The zero-order valence-corrected chi connectivity index (χ0v) is 25.4. The van der Waals surface area contributed by atoms with E-state index >= 15 is 0 Å². The van der Waals surface area contributed by atoms with Crippen LogP contribution in [-0.4, -0.2) is 47.5 Å². The van der Waals surface area contributed by atoms with Crippen molar-refractivity contribution in [3.8, 4) is 0 Å². The van der Waals surface area contributed by atoms with Crippen molar-refractivity contribution in [2.24, 2.45) is 5.92 Å². The first kappa shape index (κ1) is 33.5. The van der Waals surface area contributed by atoms with Crippen molar-refractivity contribution in [1.29, 1.82) is 0 Å². The number of carbonyl (C=O) groups is 3. The van der Waals surface area contributed by atoms with Gasteiger partial charge >= 0.3 is 6.09 Å². The van der Waals surface area contributed by atoms with E-state index in [9.17, 15) is 14.4 Å². The van der Waals surface area contributed by atoms with E-state index in [1.807, 2.05) is 45.9 Å². The Balaban J connectivity index is 3.50. The quantitative estimate of drug-likeness (QED) is 0.249. The van der Waals surface area contributed by atoms with Crippen molar-refractivity contribution in [2.75, 3.05) is 13.1 Å². The van der Waals surface area contributed by atoms with Crippen LogP contribution < -0.4 is 10.6 Å². The SMILES string of the molecule is CCCCCCN(C(=O)C(NC(=O)OC(C)(C)C)C(C)C)C(C(=O)NCCCCC)c1c(C)cccc1C. The van der Waals surface area contributed by atoms with Gasteiger partial charge in [0.15, 0.2) is 0 Å². The van der Waals surface area contributed by atoms with E-state index in [0.717, 1.165) is 61.6 Å². The molecule has 0 bridgehead atoms. The maximum absolute atomic E-state index is 14.2. The van der Waals surface area contributed by atoms with E-state index < -0.39 is 23.8 Å². The smallest absolute Gasteiger partial charge is 0.408 e. The van der Waals surface area contributed by atoms with Crippen LogP contribution in [0, 0.1) is 19.8 Å². The van der Waals surface area contributed by atoms with Crippen LogP contribution in [0.1, 0.15) is 116 Å². The van der Waals surface area contributed by atoms with Crippen molar-refractivity contribution in [3.05, 3.63) is 34.9 Å². The largest absolute Gasteiger partial charge is 0.444 e. The van der Waals surface area contributed by atoms with Crippen LogP contribution in [0.25, 0.3) is 0 Å². The molecule has 7 heteroatoms. The second kappa shape index (κ2) is 16.4. The third-order valence-electron chi connectivity index (χ3n) is 6.60. The molecule has 0 fully saturated rings. The third kappa shape index (κ3) is 11.0. The Morgan fingerprint density at radius 2 is 1.50 bits per heavy atom. The Morgan fingerprint density at radius 1 is 0.921 bits per heavy atom. The molecule has 0 aliphatic carbocycles. The van der Waals surface area contributed by atoms with Crippen molar-refractivity contribution >= 4 is 17.9 Å². The lowest BCUT2D eigenvalue weighted by molar-refractivity contribution is -0.143. The third-order valence-corrected chi connectivity index (χ3v) is 6.60. The molecule has 0 saturated carbocycles. The number of ether oxygens (including phenoxy) is 1. The van der Waals surface area contributed by atoms with Crippen LogP contribution in [-0.2, 0) is 14.3 Å². The molecule has 38 heavy (non-hydrogen) atoms. The van der Waals surface area contributed by atoms with Crippen LogP contribution >= 0.6 is 0 Å². The van der Waals surface area contributed by atoms with Gasteiger partial charge in [-0.25, -0.2) is 4.79 Å². The molecule has 1 aromatic carbocycles. The van der Waals surface area contributed by atoms with Gasteiger partial charge in [-0.2, -0.15) is 0 Å². The van der Waals surface area contributed by atoms with Crippen molar-refractivity contribution in [3.63, 3.8) is 0 Å². The fourth-order valence-corrected chi connectivity index (χ4v) is 4.57. The Morgan fingerprint density at radius 3 is 2.03 bits per heavy atom. The molecule has 0 aliphatic rings. The molecule has 0 spiro atoms. The molecule has 2 unspecified atom stereocenters. The van der Waals surface area contributed by atoms with Gasteiger partial charge in [0, 0.05) is 13.1 Å².